The molecule has 0 spiro atoms. The third-order valence-corrected chi connectivity index (χ3v) is 3.95. The van der Waals surface area contributed by atoms with Crippen molar-refractivity contribution in [1.29, 1.82) is 0 Å². The molecule has 0 saturated heterocycles. The van der Waals surface area contributed by atoms with E-state index < -0.39 is 24.5 Å². The molecule has 0 bridgehead atoms. The number of aromatic nitrogens is 3. The van der Waals surface area contributed by atoms with Gasteiger partial charge in [-0.3, -0.25) is 4.79 Å². The quantitative estimate of drug-likeness (QED) is 0.794. The van der Waals surface area contributed by atoms with Crippen LogP contribution in [0.1, 0.15) is 11.5 Å². The minimum atomic E-state index is -4.64. The lowest BCUT2D eigenvalue weighted by atomic mass is 10.3. The average Bonchev–Trinajstić information content (AvgIpc) is 3.03. The summed E-state index contributed by atoms with van der Waals surface area (Å²) in [7, 11) is 0. The number of halogens is 3. The molecule has 0 aliphatic carbocycles. The number of fused-ring (bicyclic) bond motifs is 1. The zero-order valence-corrected chi connectivity index (χ0v) is 12.7. The minimum Gasteiger partial charge on any atom is -0.311 e. The van der Waals surface area contributed by atoms with E-state index in [1.165, 1.54) is 23.5 Å². The van der Waals surface area contributed by atoms with Crippen LogP contribution in [0.15, 0.2) is 29.6 Å². The predicted molar refractivity (Wildman–Crippen MR) is 80.2 cm³/mol. The lowest BCUT2D eigenvalue weighted by Crippen LogP contribution is -2.23. The number of alkyl halides is 3. The smallest absolute Gasteiger partial charge is 0.311 e. The van der Waals surface area contributed by atoms with Crippen molar-refractivity contribution in [3.63, 3.8) is 0 Å². The molecule has 23 heavy (non-hydrogen) atoms. The van der Waals surface area contributed by atoms with E-state index >= 15 is 0 Å². The summed E-state index contributed by atoms with van der Waals surface area (Å²) in [4.78, 5) is 19.7. The van der Waals surface area contributed by atoms with Crippen LogP contribution in [0.2, 0.25) is 0 Å². The van der Waals surface area contributed by atoms with Crippen molar-refractivity contribution in [3.05, 3.63) is 41.2 Å². The molecule has 0 atom stereocenters. The van der Waals surface area contributed by atoms with Gasteiger partial charge in [-0.05, 0) is 19.1 Å². The van der Waals surface area contributed by atoms with Gasteiger partial charge in [0, 0.05) is 5.38 Å². The molecule has 1 amide bonds. The first-order valence-corrected chi connectivity index (χ1v) is 7.47. The Balaban J connectivity index is 1.93. The molecule has 2 heterocycles. The van der Waals surface area contributed by atoms with Crippen LogP contribution in [0.3, 0.4) is 0 Å². The number of para-hydroxylation sites is 2. The topological polar surface area (TPSA) is 59.8 Å². The summed E-state index contributed by atoms with van der Waals surface area (Å²) in [6.45, 7) is 1.27. The van der Waals surface area contributed by atoms with E-state index in [4.69, 9.17) is 0 Å². The molecule has 0 aliphatic rings. The molecule has 0 aliphatic heterocycles. The maximum Gasteiger partial charge on any atom is 0.449 e. The molecular formula is C14H11F3N4OS. The van der Waals surface area contributed by atoms with Crippen LogP contribution in [0, 0.1) is 6.92 Å². The molecule has 3 rings (SSSR count). The Morgan fingerprint density at radius 2 is 2.04 bits per heavy atom. The Kier molecular flexibility index (Phi) is 3.80. The number of imidazole rings is 1. The highest BCUT2D eigenvalue weighted by atomic mass is 32.1. The molecule has 0 saturated carbocycles. The van der Waals surface area contributed by atoms with E-state index in [0.717, 1.165) is 10.3 Å². The van der Waals surface area contributed by atoms with Crippen LogP contribution in [-0.4, -0.2) is 20.4 Å². The lowest BCUT2D eigenvalue weighted by Gasteiger charge is -2.10. The summed E-state index contributed by atoms with van der Waals surface area (Å²) in [6.07, 6.45) is -4.64. The maximum absolute atomic E-state index is 13.1. The third-order valence-electron chi connectivity index (χ3n) is 3.08. The first-order chi connectivity index (χ1) is 10.8. The van der Waals surface area contributed by atoms with Crippen molar-refractivity contribution >= 4 is 33.4 Å². The molecule has 5 nitrogen and oxygen atoms in total. The van der Waals surface area contributed by atoms with Gasteiger partial charge in [0.1, 0.15) is 6.54 Å². The van der Waals surface area contributed by atoms with E-state index in [1.807, 2.05) is 0 Å². The van der Waals surface area contributed by atoms with E-state index in [2.05, 4.69) is 15.3 Å². The van der Waals surface area contributed by atoms with Gasteiger partial charge < -0.3 is 9.88 Å². The van der Waals surface area contributed by atoms with Crippen LogP contribution in [-0.2, 0) is 17.5 Å². The van der Waals surface area contributed by atoms with Crippen molar-refractivity contribution in [1.82, 2.24) is 14.5 Å². The first-order valence-electron chi connectivity index (χ1n) is 6.59. The Hall–Kier alpha value is -2.42. The van der Waals surface area contributed by atoms with Crippen LogP contribution < -0.4 is 5.32 Å². The van der Waals surface area contributed by atoms with Crippen molar-refractivity contribution in [2.24, 2.45) is 0 Å². The number of anilines is 1. The molecule has 0 unspecified atom stereocenters. The van der Waals surface area contributed by atoms with E-state index in [9.17, 15) is 18.0 Å². The largest absolute Gasteiger partial charge is 0.449 e. The molecular weight excluding hydrogens is 329 g/mol. The van der Waals surface area contributed by atoms with Crippen LogP contribution >= 0.6 is 11.3 Å². The predicted octanol–water partition coefficient (Wildman–Crippen LogP) is 3.46. The standard InChI is InChI=1S/C14H11F3N4OS/c1-8-7-23-13(18-8)20-11(22)6-21-10-5-3-2-4-9(10)19-12(21)14(15,16)17/h2-5,7H,6H2,1H3,(H,18,20,22). The molecule has 3 aromatic rings. The van der Waals surface area contributed by atoms with Crippen LogP contribution in [0.4, 0.5) is 18.3 Å². The number of hydrogen-bond acceptors (Lipinski definition) is 4. The summed E-state index contributed by atoms with van der Waals surface area (Å²) in [5, 5.41) is 4.59. The summed E-state index contributed by atoms with van der Waals surface area (Å²) in [5.74, 6) is -1.68. The van der Waals surface area contributed by atoms with Gasteiger partial charge in [-0.1, -0.05) is 12.1 Å². The van der Waals surface area contributed by atoms with Gasteiger partial charge in [0.25, 0.3) is 0 Å². The Morgan fingerprint density at radius 3 is 2.70 bits per heavy atom. The number of carbonyl (C=O) groups excluding carboxylic acids is 1. The van der Waals surface area contributed by atoms with Gasteiger partial charge in [-0.2, -0.15) is 13.2 Å². The monoisotopic (exact) mass is 340 g/mol. The van der Waals surface area contributed by atoms with Crippen LogP contribution in [0.25, 0.3) is 11.0 Å². The number of carbonyl (C=O) groups is 1. The third kappa shape index (κ3) is 3.19. The number of nitrogens with one attached hydrogen (secondary N) is 1. The van der Waals surface area contributed by atoms with Gasteiger partial charge in [0.15, 0.2) is 5.13 Å². The van der Waals surface area contributed by atoms with Gasteiger partial charge in [0.2, 0.25) is 11.7 Å². The molecule has 0 radical (unpaired) electrons. The van der Waals surface area contributed by atoms with Crippen LogP contribution in [0.5, 0.6) is 0 Å². The Morgan fingerprint density at radius 1 is 1.30 bits per heavy atom. The highest BCUT2D eigenvalue weighted by Gasteiger charge is 2.38. The van der Waals surface area contributed by atoms with Crippen molar-refractivity contribution < 1.29 is 18.0 Å². The normalized spacial score (nSPS) is 11.8. The Bertz CT molecular complexity index is 868. The number of thiazole rings is 1. The SMILES string of the molecule is Cc1csc(NC(=O)Cn2c(C(F)(F)F)nc3ccccc32)n1. The van der Waals surface area contributed by atoms with Gasteiger partial charge >= 0.3 is 6.18 Å². The lowest BCUT2D eigenvalue weighted by molar-refractivity contribution is -0.147. The summed E-state index contributed by atoms with van der Waals surface area (Å²) >= 11 is 1.21. The number of nitrogens with zero attached hydrogens (tertiary/aromatic N) is 3. The Labute approximate surface area is 132 Å². The molecule has 9 heteroatoms. The summed E-state index contributed by atoms with van der Waals surface area (Å²) in [6, 6.07) is 6.17. The first kappa shape index (κ1) is 15.5. The second-order valence-electron chi connectivity index (χ2n) is 4.85. The fourth-order valence-corrected chi connectivity index (χ4v) is 2.87. The molecule has 1 aromatic carbocycles. The number of benzene rings is 1. The maximum atomic E-state index is 13.1. The van der Waals surface area contributed by atoms with E-state index in [0.29, 0.717) is 5.13 Å². The second-order valence-corrected chi connectivity index (χ2v) is 5.71. The highest BCUT2D eigenvalue weighted by Crippen LogP contribution is 2.31. The van der Waals surface area contributed by atoms with E-state index in [-0.39, 0.29) is 11.0 Å². The van der Waals surface area contributed by atoms with Crippen molar-refractivity contribution in [3.8, 4) is 0 Å². The number of rotatable bonds is 3. The van der Waals surface area contributed by atoms with Gasteiger partial charge in [-0.25, -0.2) is 9.97 Å². The second kappa shape index (κ2) is 5.65. The molecule has 0 fully saturated rings. The zero-order chi connectivity index (χ0) is 16.6. The minimum absolute atomic E-state index is 0.192. The summed E-state index contributed by atoms with van der Waals surface area (Å²) < 4.78 is 40.3. The van der Waals surface area contributed by atoms with E-state index in [1.54, 1.807) is 24.4 Å². The number of aryl methyl sites for hydroxylation is 1. The fraction of sp³-hybridized carbons (Fsp3) is 0.214. The molecule has 1 N–H and O–H groups in total. The fourth-order valence-electron chi connectivity index (χ4n) is 2.17. The molecule has 120 valence electrons. The van der Waals surface area contributed by atoms with Gasteiger partial charge in [-0.15, -0.1) is 11.3 Å². The zero-order valence-electron chi connectivity index (χ0n) is 11.9. The molecule has 2 aromatic heterocycles. The summed E-state index contributed by atoms with van der Waals surface area (Å²) in [5.41, 5.74) is 1.18. The average molecular weight is 340 g/mol. The highest BCUT2D eigenvalue weighted by molar-refractivity contribution is 7.13. The number of amides is 1. The van der Waals surface area contributed by atoms with Crippen molar-refractivity contribution in [2.75, 3.05) is 5.32 Å². The van der Waals surface area contributed by atoms with Gasteiger partial charge in [0.05, 0.1) is 16.7 Å². The number of hydrogen-bond donors (Lipinski definition) is 1. The van der Waals surface area contributed by atoms with Crippen molar-refractivity contribution in [2.45, 2.75) is 19.6 Å².